The third kappa shape index (κ3) is 5.94. The number of carbonyl (C=O) groups excluding carboxylic acids is 2. The summed E-state index contributed by atoms with van der Waals surface area (Å²) in [6, 6.07) is 13.3. The van der Waals surface area contributed by atoms with Gasteiger partial charge < -0.3 is 9.80 Å². The Hall–Kier alpha value is -3.38. The molecule has 0 saturated carbocycles. The monoisotopic (exact) mass is 544 g/mol. The first-order chi connectivity index (χ1) is 16.3. The van der Waals surface area contributed by atoms with Gasteiger partial charge in [0.25, 0.3) is 11.8 Å². The number of anilines is 1. The van der Waals surface area contributed by atoms with Crippen molar-refractivity contribution in [3.05, 3.63) is 82.2 Å². The molecular formula is C22H21BrN6O4S. The highest BCUT2D eigenvalue weighted by Crippen LogP contribution is 2.16. The lowest BCUT2D eigenvalue weighted by molar-refractivity contribution is 0.0745. The van der Waals surface area contributed by atoms with Crippen LogP contribution in [0.5, 0.6) is 0 Å². The smallest absolute Gasteiger partial charge is 0.285 e. The van der Waals surface area contributed by atoms with E-state index in [0.717, 1.165) is 4.47 Å². The number of nitrogens with one attached hydrogen (secondary N) is 1. The van der Waals surface area contributed by atoms with Crippen molar-refractivity contribution in [1.82, 2.24) is 24.8 Å². The molecule has 1 aromatic carbocycles. The molecule has 34 heavy (non-hydrogen) atoms. The second kappa shape index (κ2) is 10.3. The molecule has 3 heterocycles. The van der Waals surface area contributed by atoms with Gasteiger partial charge in [-0.3, -0.25) is 14.6 Å². The predicted octanol–water partition coefficient (Wildman–Crippen LogP) is 1.86. The number of amides is 2. The number of piperazine rings is 1. The second-order valence-electron chi connectivity index (χ2n) is 7.62. The van der Waals surface area contributed by atoms with E-state index in [4.69, 9.17) is 0 Å². The molecule has 4 rings (SSSR count). The van der Waals surface area contributed by atoms with Crippen LogP contribution in [0.3, 0.4) is 0 Å². The van der Waals surface area contributed by atoms with Gasteiger partial charge in [-0.15, -0.1) is 10.2 Å². The van der Waals surface area contributed by atoms with E-state index in [0.29, 0.717) is 43.1 Å². The Morgan fingerprint density at radius 3 is 2.35 bits per heavy atom. The molecular weight excluding hydrogens is 524 g/mol. The minimum atomic E-state index is -3.88. The maximum Gasteiger partial charge on any atom is 0.285 e. The topological polar surface area (TPSA) is 125 Å². The van der Waals surface area contributed by atoms with Crippen molar-refractivity contribution in [3.8, 4) is 0 Å². The minimum absolute atomic E-state index is 0.0942. The van der Waals surface area contributed by atoms with Crippen molar-refractivity contribution in [2.45, 2.75) is 5.75 Å². The van der Waals surface area contributed by atoms with Gasteiger partial charge in [-0.2, -0.15) is 0 Å². The Morgan fingerprint density at radius 1 is 0.971 bits per heavy atom. The highest BCUT2D eigenvalue weighted by molar-refractivity contribution is 9.10. The normalized spacial score (nSPS) is 14.0. The van der Waals surface area contributed by atoms with Gasteiger partial charge in [0, 0.05) is 43.0 Å². The number of benzene rings is 1. The van der Waals surface area contributed by atoms with Crippen LogP contribution in [-0.2, 0) is 15.8 Å². The average molecular weight is 545 g/mol. The molecule has 176 valence electrons. The van der Waals surface area contributed by atoms with Gasteiger partial charge >= 0.3 is 0 Å². The molecule has 2 amide bonds. The van der Waals surface area contributed by atoms with Crippen molar-refractivity contribution in [2.75, 3.05) is 31.1 Å². The number of hydrogen-bond donors (Lipinski definition) is 1. The zero-order chi connectivity index (χ0) is 24.1. The molecule has 0 aliphatic carbocycles. The zero-order valence-corrected chi connectivity index (χ0v) is 20.4. The Balaban J connectivity index is 1.33. The molecule has 3 aromatic rings. The number of carbonyl (C=O) groups is 2. The lowest BCUT2D eigenvalue weighted by Crippen LogP contribution is -2.49. The SMILES string of the molecule is O=C(NS(=O)(=O)Cc1ccccc1)c1ccc(N2CCN(C(=O)c3cncc(Br)c3)CC2)nn1. The molecule has 0 unspecified atom stereocenters. The molecule has 1 aliphatic rings. The molecule has 0 spiro atoms. The molecule has 0 radical (unpaired) electrons. The van der Waals surface area contributed by atoms with Crippen LogP contribution in [0.25, 0.3) is 0 Å². The van der Waals surface area contributed by atoms with E-state index in [1.54, 1.807) is 53.6 Å². The molecule has 0 bridgehead atoms. The highest BCUT2D eigenvalue weighted by Gasteiger charge is 2.24. The standard InChI is InChI=1S/C22H21BrN6O4S/c23-18-12-17(13-24-14-18)22(31)29-10-8-28(9-11-29)20-7-6-19(25-26-20)21(30)27-34(32,33)15-16-4-2-1-3-5-16/h1-7,12-14H,8-11,15H2,(H,27,30). The van der Waals surface area contributed by atoms with Crippen molar-refractivity contribution in [1.29, 1.82) is 0 Å². The summed E-state index contributed by atoms with van der Waals surface area (Å²) in [6.07, 6.45) is 3.16. The molecule has 1 fully saturated rings. The van der Waals surface area contributed by atoms with Crippen LogP contribution in [0.4, 0.5) is 5.82 Å². The predicted molar refractivity (Wildman–Crippen MR) is 129 cm³/mol. The Kier molecular flexibility index (Phi) is 7.17. The van der Waals surface area contributed by atoms with Crippen molar-refractivity contribution >= 4 is 43.6 Å². The van der Waals surface area contributed by atoms with Gasteiger partial charge in [-0.05, 0) is 39.7 Å². The van der Waals surface area contributed by atoms with Gasteiger partial charge in [0.2, 0.25) is 10.0 Å². The summed E-state index contributed by atoms with van der Waals surface area (Å²) in [6.45, 7) is 2.07. The number of nitrogens with zero attached hydrogens (tertiary/aromatic N) is 5. The van der Waals surface area contributed by atoms with Crippen molar-refractivity contribution in [2.24, 2.45) is 0 Å². The first-order valence-electron chi connectivity index (χ1n) is 10.4. The Labute approximate surface area is 205 Å². The summed E-state index contributed by atoms with van der Waals surface area (Å²) in [4.78, 5) is 32.8. The molecule has 1 aliphatic heterocycles. The fourth-order valence-corrected chi connectivity index (χ4v) is 4.94. The fourth-order valence-electron chi connectivity index (χ4n) is 3.49. The summed E-state index contributed by atoms with van der Waals surface area (Å²) in [7, 11) is -3.88. The van der Waals surface area contributed by atoms with E-state index < -0.39 is 15.9 Å². The fraction of sp³-hybridized carbons (Fsp3) is 0.227. The molecule has 1 N–H and O–H groups in total. The maximum absolute atomic E-state index is 12.7. The van der Waals surface area contributed by atoms with Crippen LogP contribution >= 0.6 is 15.9 Å². The van der Waals surface area contributed by atoms with Crippen molar-refractivity contribution in [3.63, 3.8) is 0 Å². The summed E-state index contributed by atoms with van der Waals surface area (Å²) >= 11 is 3.32. The van der Waals surface area contributed by atoms with Gasteiger partial charge in [-0.25, -0.2) is 13.1 Å². The summed E-state index contributed by atoms with van der Waals surface area (Å²) in [5.74, 6) is -0.708. The van der Waals surface area contributed by atoms with Crippen LogP contribution in [0, 0.1) is 0 Å². The second-order valence-corrected chi connectivity index (χ2v) is 10.3. The van der Waals surface area contributed by atoms with E-state index in [9.17, 15) is 18.0 Å². The number of aromatic nitrogens is 3. The van der Waals surface area contributed by atoms with Gasteiger partial charge in [-0.1, -0.05) is 30.3 Å². The first-order valence-corrected chi connectivity index (χ1v) is 12.8. The Morgan fingerprint density at radius 2 is 1.71 bits per heavy atom. The van der Waals surface area contributed by atoms with Crippen LogP contribution < -0.4 is 9.62 Å². The number of rotatable bonds is 6. The third-order valence-electron chi connectivity index (χ3n) is 5.17. The number of pyridine rings is 1. The zero-order valence-electron chi connectivity index (χ0n) is 18.0. The minimum Gasteiger partial charge on any atom is -0.352 e. The van der Waals surface area contributed by atoms with Crippen LogP contribution in [-0.4, -0.2) is 66.5 Å². The first kappa shape index (κ1) is 23.8. The van der Waals surface area contributed by atoms with E-state index >= 15 is 0 Å². The van der Waals surface area contributed by atoms with Crippen molar-refractivity contribution < 1.29 is 18.0 Å². The summed E-state index contributed by atoms with van der Waals surface area (Å²) in [5.41, 5.74) is 0.981. The number of sulfonamides is 1. The highest BCUT2D eigenvalue weighted by atomic mass is 79.9. The van der Waals surface area contributed by atoms with Gasteiger partial charge in [0.15, 0.2) is 11.5 Å². The van der Waals surface area contributed by atoms with E-state index in [1.807, 2.05) is 9.62 Å². The lowest BCUT2D eigenvalue weighted by Gasteiger charge is -2.35. The van der Waals surface area contributed by atoms with Crippen LogP contribution in [0.15, 0.2) is 65.4 Å². The average Bonchev–Trinajstić information content (AvgIpc) is 2.84. The largest absolute Gasteiger partial charge is 0.352 e. The number of halogens is 1. The van der Waals surface area contributed by atoms with Crippen LogP contribution in [0.1, 0.15) is 26.4 Å². The quantitative estimate of drug-likeness (QED) is 0.498. The van der Waals surface area contributed by atoms with E-state index in [-0.39, 0.29) is 17.4 Å². The summed E-state index contributed by atoms with van der Waals surface area (Å²) < 4.78 is 27.3. The molecule has 12 heteroatoms. The molecule has 1 saturated heterocycles. The lowest BCUT2D eigenvalue weighted by atomic mass is 10.2. The van der Waals surface area contributed by atoms with E-state index in [1.165, 1.54) is 12.3 Å². The number of hydrogen-bond acceptors (Lipinski definition) is 8. The third-order valence-corrected chi connectivity index (χ3v) is 6.82. The van der Waals surface area contributed by atoms with E-state index in [2.05, 4.69) is 31.1 Å². The maximum atomic E-state index is 12.7. The molecule has 0 atom stereocenters. The Bertz CT molecular complexity index is 1280. The molecule has 10 nitrogen and oxygen atoms in total. The summed E-state index contributed by atoms with van der Waals surface area (Å²) in [5, 5.41) is 7.97. The van der Waals surface area contributed by atoms with Gasteiger partial charge in [0.05, 0.1) is 11.3 Å². The van der Waals surface area contributed by atoms with Crippen LogP contribution in [0.2, 0.25) is 0 Å². The van der Waals surface area contributed by atoms with Gasteiger partial charge in [0.1, 0.15) is 0 Å². The molecule has 2 aromatic heterocycles.